The Bertz CT molecular complexity index is 605. The summed E-state index contributed by atoms with van der Waals surface area (Å²) in [5, 5.41) is 5.93. The molecule has 0 aliphatic carbocycles. The van der Waals surface area contributed by atoms with Crippen LogP contribution in [-0.2, 0) is 0 Å². The molecular weight excluding hydrogens is 258 g/mol. The van der Waals surface area contributed by atoms with Crippen molar-refractivity contribution in [2.24, 2.45) is 0 Å². The summed E-state index contributed by atoms with van der Waals surface area (Å²) in [5.41, 5.74) is -0.136. The molecule has 0 bridgehead atoms. The van der Waals surface area contributed by atoms with Gasteiger partial charge in [0, 0.05) is 13.1 Å². The zero-order valence-corrected chi connectivity index (χ0v) is 11.1. The molecule has 1 aromatic heterocycles. The van der Waals surface area contributed by atoms with Crippen molar-refractivity contribution in [2.45, 2.75) is 0 Å². The van der Waals surface area contributed by atoms with Crippen molar-refractivity contribution in [3.8, 4) is 5.75 Å². The van der Waals surface area contributed by atoms with Crippen LogP contribution in [0.4, 0.5) is 0 Å². The first-order valence-corrected chi connectivity index (χ1v) is 6.16. The number of hydrogen-bond acceptors (Lipinski definition) is 4. The Morgan fingerprint density at radius 3 is 2.65 bits per heavy atom. The fourth-order valence-corrected chi connectivity index (χ4v) is 1.58. The van der Waals surface area contributed by atoms with Crippen LogP contribution < -0.4 is 10.3 Å². The second-order valence-electron chi connectivity index (χ2n) is 4.19. The molecule has 1 amide bonds. The first-order chi connectivity index (χ1) is 9.66. The molecule has 6 nitrogen and oxygen atoms in total. The molecular formula is C14H15N3O3. The van der Waals surface area contributed by atoms with Crippen molar-refractivity contribution in [1.82, 2.24) is 15.1 Å². The fraction of sp³-hybridized carbons (Fsp3) is 0.214. The highest BCUT2D eigenvalue weighted by atomic mass is 16.5. The number of carbonyl (C=O) groups excluding carboxylic acids is 1. The fourth-order valence-electron chi connectivity index (χ4n) is 1.58. The minimum Gasteiger partial charge on any atom is -0.492 e. The maximum absolute atomic E-state index is 12.0. The van der Waals surface area contributed by atoms with E-state index in [1.54, 1.807) is 7.05 Å². The molecule has 1 N–H and O–H groups in total. The predicted octanol–water partition coefficient (Wildman–Crippen LogP) is 0.921. The number of nitrogens with one attached hydrogen (secondary N) is 1. The normalized spacial score (nSPS) is 10.1. The lowest BCUT2D eigenvalue weighted by Crippen LogP contribution is -2.32. The minimum absolute atomic E-state index is 0.201. The Balaban J connectivity index is 1.85. The quantitative estimate of drug-likeness (QED) is 0.879. The summed E-state index contributed by atoms with van der Waals surface area (Å²) in [6.07, 6.45) is 0. The zero-order valence-electron chi connectivity index (χ0n) is 11.1. The predicted molar refractivity (Wildman–Crippen MR) is 73.8 cm³/mol. The van der Waals surface area contributed by atoms with E-state index in [0.717, 1.165) is 5.75 Å². The highest BCUT2D eigenvalue weighted by Gasteiger charge is 2.13. The van der Waals surface area contributed by atoms with Gasteiger partial charge in [-0.2, -0.15) is 5.10 Å². The molecule has 104 valence electrons. The molecule has 0 fully saturated rings. The lowest BCUT2D eigenvalue weighted by molar-refractivity contribution is 0.0766. The van der Waals surface area contributed by atoms with E-state index in [1.165, 1.54) is 17.0 Å². The number of aromatic nitrogens is 2. The van der Waals surface area contributed by atoms with Crippen LogP contribution in [-0.4, -0.2) is 41.2 Å². The Morgan fingerprint density at radius 2 is 2.00 bits per heavy atom. The average molecular weight is 273 g/mol. The summed E-state index contributed by atoms with van der Waals surface area (Å²) in [6.45, 7) is 0.810. The molecule has 0 saturated heterocycles. The van der Waals surface area contributed by atoms with Crippen LogP contribution in [0, 0.1) is 0 Å². The number of benzene rings is 1. The first-order valence-electron chi connectivity index (χ1n) is 6.16. The number of likely N-dealkylation sites (N-methyl/N-ethyl adjacent to an activating group) is 1. The molecule has 2 aromatic rings. The van der Waals surface area contributed by atoms with Crippen molar-refractivity contribution in [1.29, 1.82) is 0 Å². The molecule has 0 aliphatic heterocycles. The van der Waals surface area contributed by atoms with Gasteiger partial charge in [-0.15, -0.1) is 0 Å². The van der Waals surface area contributed by atoms with E-state index in [1.807, 2.05) is 30.3 Å². The Morgan fingerprint density at radius 1 is 1.25 bits per heavy atom. The summed E-state index contributed by atoms with van der Waals surface area (Å²) >= 11 is 0. The third kappa shape index (κ3) is 3.68. The zero-order chi connectivity index (χ0) is 14.4. The number of nitrogens with zero attached hydrogens (tertiary/aromatic N) is 2. The highest BCUT2D eigenvalue weighted by Crippen LogP contribution is 2.08. The van der Waals surface area contributed by atoms with Crippen molar-refractivity contribution in [3.63, 3.8) is 0 Å². The molecule has 0 atom stereocenters. The smallest absolute Gasteiger partial charge is 0.274 e. The molecule has 1 heterocycles. The largest absolute Gasteiger partial charge is 0.492 e. The van der Waals surface area contributed by atoms with E-state index < -0.39 is 0 Å². The van der Waals surface area contributed by atoms with Crippen LogP contribution in [0.1, 0.15) is 10.5 Å². The average Bonchev–Trinajstić information content (AvgIpc) is 2.48. The lowest BCUT2D eigenvalue weighted by Gasteiger charge is -2.16. The second kappa shape index (κ2) is 6.51. The SMILES string of the molecule is CN(CCOc1ccccc1)C(=O)c1ccc(=O)[nH]n1. The van der Waals surface area contributed by atoms with Gasteiger partial charge in [0.15, 0.2) is 0 Å². The maximum Gasteiger partial charge on any atom is 0.274 e. The van der Waals surface area contributed by atoms with E-state index >= 15 is 0 Å². The minimum atomic E-state index is -0.336. The lowest BCUT2D eigenvalue weighted by atomic mass is 10.3. The number of hydrogen-bond donors (Lipinski definition) is 1. The molecule has 20 heavy (non-hydrogen) atoms. The van der Waals surface area contributed by atoms with Crippen molar-refractivity contribution in [3.05, 3.63) is 58.5 Å². The van der Waals surface area contributed by atoms with Gasteiger partial charge in [0.2, 0.25) is 0 Å². The maximum atomic E-state index is 12.0. The summed E-state index contributed by atoms with van der Waals surface area (Å²) in [5.74, 6) is 0.494. The van der Waals surface area contributed by atoms with Crippen LogP contribution in [0.3, 0.4) is 0 Å². The van der Waals surface area contributed by atoms with E-state index in [4.69, 9.17) is 4.74 Å². The van der Waals surface area contributed by atoms with Gasteiger partial charge in [0.05, 0.1) is 6.54 Å². The molecule has 0 spiro atoms. The Kier molecular flexibility index (Phi) is 4.49. The van der Waals surface area contributed by atoms with Crippen LogP contribution >= 0.6 is 0 Å². The van der Waals surface area contributed by atoms with Gasteiger partial charge >= 0.3 is 0 Å². The third-order valence-electron chi connectivity index (χ3n) is 2.68. The third-order valence-corrected chi connectivity index (χ3v) is 2.68. The number of amides is 1. The second-order valence-corrected chi connectivity index (χ2v) is 4.19. The highest BCUT2D eigenvalue weighted by molar-refractivity contribution is 5.91. The van der Waals surface area contributed by atoms with Gasteiger partial charge in [0.25, 0.3) is 11.5 Å². The summed E-state index contributed by atoms with van der Waals surface area (Å²) < 4.78 is 5.51. The van der Waals surface area contributed by atoms with Gasteiger partial charge in [-0.1, -0.05) is 18.2 Å². The van der Waals surface area contributed by atoms with Gasteiger partial charge in [-0.25, -0.2) is 5.10 Å². The van der Waals surface area contributed by atoms with E-state index in [0.29, 0.717) is 13.2 Å². The number of carbonyl (C=O) groups is 1. The number of H-pyrrole nitrogens is 1. The number of rotatable bonds is 5. The summed E-state index contributed by atoms with van der Waals surface area (Å²) in [4.78, 5) is 24.4. The molecule has 0 saturated carbocycles. The van der Waals surface area contributed by atoms with E-state index in [2.05, 4.69) is 10.2 Å². The van der Waals surface area contributed by atoms with Crippen LogP contribution in [0.5, 0.6) is 5.75 Å². The molecule has 6 heteroatoms. The first kappa shape index (κ1) is 13.8. The number of ether oxygens (including phenoxy) is 1. The molecule has 0 radical (unpaired) electrons. The standard InChI is InChI=1S/C14H15N3O3/c1-17(9-10-20-11-5-3-2-4-6-11)14(19)12-7-8-13(18)16-15-12/h2-8H,9-10H2,1H3,(H,16,18). The molecule has 1 aromatic carbocycles. The van der Waals surface area contributed by atoms with Crippen LogP contribution in [0.25, 0.3) is 0 Å². The van der Waals surface area contributed by atoms with Crippen LogP contribution in [0.15, 0.2) is 47.3 Å². The Hall–Kier alpha value is -2.63. The van der Waals surface area contributed by atoms with Gasteiger partial charge in [-0.3, -0.25) is 9.59 Å². The summed E-state index contributed by atoms with van der Waals surface area (Å²) in [7, 11) is 1.66. The number of para-hydroxylation sites is 1. The van der Waals surface area contributed by atoms with Crippen molar-refractivity contribution >= 4 is 5.91 Å². The van der Waals surface area contributed by atoms with E-state index in [9.17, 15) is 9.59 Å². The monoisotopic (exact) mass is 273 g/mol. The van der Waals surface area contributed by atoms with Gasteiger partial charge in [-0.05, 0) is 18.2 Å². The topological polar surface area (TPSA) is 75.3 Å². The van der Waals surface area contributed by atoms with E-state index in [-0.39, 0.29) is 17.2 Å². The Labute approximate surface area is 116 Å². The van der Waals surface area contributed by atoms with Gasteiger partial charge in [0.1, 0.15) is 18.1 Å². The van der Waals surface area contributed by atoms with Gasteiger partial charge < -0.3 is 9.64 Å². The summed E-state index contributed by atoms with van der Waals surface area (Å²) in [6, 6.07) is 12.0. The molecule has 0 unspecified atom stereocenters. The molecule has 0 aliphatic rings. The van der Waals surface area contributed by atoms with Crippen molar-refractivity contribution in [2.75, 3.05) is 20.2 Å². The van der Waals surface area contributed by atoms with Crippen LogP contribution in [0.2, 0.25) is 0 Å². The van der Waals surface area contributed by atoms with Crippen molar-refractivity contribution < 1.29 is 9.53 Å². The number of aromatic amines is 1. The molecule has 2 rings (SSSR count).